The molecule has 1 amide bonds. The molecular weight excluding hydrogens is 446 g/mol. The number of rotatable bonds is 10. The van der Waals surface area contributed by atoms with Gasteiger partial charge in [0.05, 0.1) is 20.3 Å². The summed E-state index contributed by atoms with van der Waals surface area (Å²) in [6.07, 6.45) is 1.91. The summed E-state index contributed by atoms with van der Waals surface area (Å²) in [5.41, 5.74) is 0.725. The molecule has 9 heteroatoms. The summed E-state index contributed by atoms with van der Waals surface area (Å²) in [5, 5.41) is 0. The Kier molecular flexibility index (Phi) is 8.20. The number of carbonyl (C=O) groups is 1. The van der Waals surface area contributed by atoms with E-state index in [0.717, 1.165) is 18.4 Å². The molecule has 0 radical (unpaired) electrons. The van der Waals surface area contributed by atoms with Gasteiger partial charge in [0.25, 0.3) is 0 Å². The number of nitrogens with zero attached hydrogens (tertiary/aromatic N) is 1. The average molecular weight is 478 g/mol. The molecule has 1 heterocycles. The SMILES string of the molecule is COc1ccc(S(=O)(=O)Oc2cc(CN(C[C@H]3CCCO3)C(=O)C(C)C)ccc2OC)cc1. The first-order valence-corrected chi connectivity index (χ1v) is 12.3. The molecule has 2 aromatic carbocycles. The molecule has 180 valence electrons. The Morgan fingerprint density at radius 1 is 1.09 bits per heavy atom. The van der Waals surface area contributed by atoms with Crippen molar-refractivity contribution in [3.63, 3.8) is 0 Å². The van der Waals surface area contributed by atoms with Crippen LogP contribution in [0, 0.1) is 5.92 Å². The maximum Gasteiger partial charge on any atom is 0.339 e. The van der Waals surface area contributed by atoms with Crippen LogP contribution >= 0.6 is 0 Å². The van der Waals surface area contributed by atoms with Crippen LogP contribution in [0.15, 0.2) is 47.4 Å². The zero-order valence-electron chi connectivity index (χ0n) is 19.4. The Balaban J connectivity index is 1.84. The number of methoxy groups -OCH3 is 2. The quantitative estimate of drug-likeness (QED) is 0.483. The zero-order valence-corrected chi connectivity index (χ0v) is 20.3. The highest BCUT2D eigenvalue weighted by Crippen LogP contribution is 2.32. The van der Waals surface area contributed by atoms with Gasteiger partial charge in [-0.25, -0.2) is 0 Å². The Labute approximate surface area is 195 Å². The molecule has 2 aromatic rings. The molecule has 0 unspecified atom stereocenters. The van der Waals surface area contributed by atoms with Crippen molar-refractivity contribution in [1.82, 2.24) is 4.90 Å². The topological polar surface area (TPSA) is 91.4 Å². The lowest BCUT2D eigenvalue weighted by molar-refractivity contribution is -0.136. The number of ether oxygens (including phenoxy) is 3. The molecule has 33 heavy (non-hydrogen) atoms. The molecule has 0 N–H and O–H groups in total. The van der Waals surface area contributed by atoms with Gasteiger partial charge in [0, 0.05) is 25.6 Å². The van der Waals surface area contributed by atoms with Crippen LogP contribution < -0.4 is 13.7 Å². The van der Waals surface area contributed by atoms with E-state index in [1.165, 1.54) is 26.4 Å². The van der Waals surface area contributed by atoms with Crippen LogP contribution in [-0.2, 0) is 26.2 Å². The summed E-state index contributed by atoms with van der Waals surface area (Å²) in [4.78, 5) is 14.6. The molecular formula is C24H31NO7S. The van der Waals surface area contributed by atoms with E-state index in [1.54, 1.807) is 35.2 Å². The molecule has 3 rings (SSSR count). The van der Waals surface area contributed by atoms with Gasteiger partial charge in [-0.3, -0.25) is 4.79 Å². The van der Waals surface area contributed by atoms with Gasteiger partial charge < -0.3 is 23.3 Å². The van der Waals surface area contributed by atoms with E-state index < -0.39 is 10.1 Å². The van der Waals surface area contributed by atoms with Gasteiger partial charge in [0.1, 0.15) is 10.6 Å². The zero-order chi connectivity index (χ0) is 24.0. The minimum absolute atomic E-state index is 0.00856. The van der Waals surface area contributed by atoms with Crippen LogP contribution in [-0.4, -0.2) is 52.7 Å². The molecule has 1 atom stereocenters. The molecule has 1 fully saturated rings. The summed E-state index contributed by atoms with van der Waals surface area (Å²) in [6, 6.07) is 10.9. The summed E-state index contributed by atoms with van der Waals surface area (Å²) in [7, 11) is -1.16. The molecule has 0 aliphatic carbocycles. The Bertz CT molecular complexity index is 1040. The summed E-state index contributed by atoms with van der Waals surface area (Å²) in [6.45, 7) is 5.21. The van der Waals surface area contributed by atoms with Crippen molar-refractivity contribution in [2.45, 2.75) is 44.2 Å². The monoisotopic (exact) mass is 477 g/mol. The second-order valence-electron chi connectivity index (χ2n) is 8.21. The van der Waals surface area contributed by atoms with Crippen molar-refractivity contribution < 1.29 is 31.6 Å². The normalized spacial score (nSPS) is 16.0. The third kappa shape index (κ3) is 6.39. The van der Waals surface area contributed by atoms with E-state index in [1.807, 2.05) is 13.8 Å². The lowest BCUT2D eigenvalue weighted by Gasteiger charge is -2.27. The van der Waals surface area contributed by atoms with Crippen LogP contribution in [0.1, 0.15) is 32.3 Å². The number of benzene rings is 2. The molecule has 0 saturated carbocycles. The first-order chi connectivity index (χ1) is 15.7. The van der Waals surface area contributed by atoms with Gasteiger partial charge in [0.2, 0.25) is 5.91 Å². The van der Waals surface area contributed by atoms with Crippen LogP contribution in [0.3, 0.4) is 0 Å². The van der Waals surface area contributed by atoms with Crippen LogP contribution in [0.25, 0.3) is 0 Å². The first-order valence-electron chi connectivity index (χ1n) is 10.9. The second-order valence-corrected chi connectivity index (χ2v) is 9.75. The van der Waals surface area contributed by atoms with E-state index in [-0.39, 0.29) is 34.3 Å². The number of carbonyl (C=O) groups excluding carboxylic acids is 1. The number of hydrogen-bond donors (Lipinski definition) is 0. The average Bonchev–Trinajstić information content (AvgIpc) is 3.31. The fraction of sp³-hybridized carbons (Fsp3) is 0.458. The van der Waals surface area contributed by atoms with E-state index >= 15 is 0 Å². The van der Waals surface area contributed by atoms with E-state index in [4.69, 9.17) is 18.4 Å². The highest BCUT2D eigenvalue weighted by Gasteiger charge is 2.25. The lowest BCUT2D eigenvalue weighted by Crippen LogP contribution is -2.39. The standard InChI is InChI=1S/C24H31NO7S/c1-17(2)24(26)25(16-20-6-5-13-31-20)15-18-7-12-22(30-4)23(14-18)32-33(27,28)21-10-8-19(29-3)9-11-21/h7-12,14,17,20H,5-6,13,15-16H2,1-4H3/t20-/m1/s1. The fourth-order valence-corrected chi connectivity index (χ4v) is 4.58. The largest absolute Gasteiger partial charge is 0.497 e. The van der Waals surface area contributed by atoms with Crippen LogP contribution in [0.4, 0.5) is 0 Å². The summed E-state index contributed by atoms with van der Waals surface area (Å²) >= 11 is 0. The Morgan fingerprint density at radius 3 is 2.39 bits per heavy atom. The minimum Gasteiger partial charge on any atom is -0.497 e. The maximum absolute atomic E-state index is 12.8. The summed E-state index contributed by atoms with van der Waals surface area (Å²) in [5.74, 6) is 0.705. The van der Waals surface area contributed by atoms with E-state index in [9.17, 15) is 13.2 Å². The molecule has 1 aliphatic heterocycles. The van der Waals surface area contributed by atoms with E-state index in [0.29, 0.717) is 25.4 Å². The minimum atomic E-state index is -4.10. The van der Waals surface area contributed by atoms with Crippen molar-refractivity contribution in [3.05, 3.63) is 48.0 Å². The smallest absolute Gasteiger partial charge is 0.339 e. The van der Waals surface area contributed by atoms with Crippen LogP contribution in [0.5, 0.6) is 17.2 Å². The van der Waals surface area contributed by atoms with Crippen molar-refractivity contribution >= 4 is 16.0 Å². The van der Waals surface area contributed by atoms with Gasteiger partial charge in [0.15, 0.2) is 11.5 Å². The lowest BCUT2D eigenvalue weighted by atomic mass is 10.1. The second kappa shape index (κ2) is 10.9. The predicted octanol–water partition coefficient (Wildman–Crippen LogP) is 3.64. The molecule has 8 nitrogen and oxygen atoms in total. The molecule has 0 aromatic heterocycles. The highest BCUT2D eigenvalue weighted by atomic mass is 32.2. The van der Waals surface area contributed by atoms with Crippen molar-refractivity contribution in [3.8, 4) is 17.2 Å². The molecule has 1 aliphatic rings. The van der Waals surface area contributed by atoms with E-state index in [2.05, 4.69) is 0 Å². The summed E-state index contributed by atoms with van der Waals surface area (Å²) < 4.78 is 47.2. The van der Waals surface area contributed by atoms with Gasteiger partial charge >= 0.3 is 10.1 Å². The van der Waals surface area contributed by atoms with Crippen molar-refractivity contribution in [2.75, 3.05) is 27.4 Å². The number of hydrogen-bond acceptors (Lipinski definition) is 7. The van der Waals surface area contributed by atoms with Gasteiger partial charge in [-0.1, -0.05) is 19.9 Å². The fourth-order valence-electron chi connectivity index (χ4n) is 3.65. The predicted molar refractivity (Wildman–Crippen MR) is 123 cm³/mol. The third-order valence-electron chi connectivity index (χ3n) is 5.40. The van der Waals surface area contributed by atoms with Gasteiger partial charge in [-0.2, -0.15) is 8.42 Å². The van der Waals surface area contributed by atoms with Crippen LogP contribution in [0.2, 0.25) is 0 Å². The van der Waals surface area contributed by atoms with Gasteiger partial charge in [-0.15, -0.1) is 0 Å². The molecule has 1 saturated heterocycles. The van der Waals surface area contributed by atoms with Gasteiger partial charge in [-0.05, 0) is 54.8 Å². The Morgan fingerprint density at radius 2 is 1.82 bits per heavy atom. The molecule has 0 spiro atoms. The highest BCUT2D eigenvalue weighted by molar-refractivity contribution is 7.87. The first kappa shape index (κ1) is 24.9. The maximum atomic E-state index is 12.8. The third-order valence-corrected chi connectivity index (χ3v) is 6.65. The molecule has 0 bridgehead atoms. The van der Waals surface area contributed by atoms with Crippen molar-refractivity contribution in [2.24, 2.45) is 5.92 Å². The Hall–Kier alpha value is -2.78. The van der Waals surface area contributed by atoms with Crippen molar-refractivity contribution in [1.29, 1.82) is 0 Å². The number of amides is 1.